The first-order chi connectivity index (χ1) is 12.3. The molecule has 0 fully saturated rings. The Morgan fingerprint density at radius 3 is 2.46 bits per heavy atom. The first-order valence-corrected chi connectivity index (χ1v) is 7.77. The number of hydrogen-bond donors (Lipinski definition) is 2. The molecule has 0 atom stereocenters. The molecule has 0 saturated carbocycles. The standard InChI is InChI=1S/C18H19F3N2O3/c1-25-15-8-3-5-12(16(15)26-2)9-10-22-17(24)23-14-7-4-6-13(11-14)18(19,20)21/h3-8,11H,9-10H2,1-2H3,(H2,22,23,24). The molecule has 0 aromatic heterocycles. The van der Waals surface area contributed by atoms with Gasteiger partial charge in [0.2, 0.25) is 0 Å². The number of alkyl halides is 3. The molecule has 0 heterocycles. The van der Waals surface area contributed by atoms with Gasteiger partial charge in [-0.1, -0.05) is 18.2 Å². The molecule has 2 rings (SSSR count). The third-order valence-electron chi connectivity index (χ3n) is 3.61. The van der Waals surface area contributed by atoms with Crippen molar-refractivity contribution in [2.45, 2.75) is 12.6 Å². The zero-order valence-electron chi connectivity index (χ0n) is 14.3. The predicted octanol–water partition coefficient (Wildman–Crippen LogP) is 4.09. The van der Waals surface area contributed by atoms with Crippen LogP contribution >= 0.6 is 0 Å². The van der Waals surface area contributed by atoms with E-state index in [-0.39, 0.29) is 12.2 Å². The van der Waals surface area contributed by atoms with Gasteiger partial charge >= 0.3 is 12.2 Å². The van der Waals surface area contributed by atoms with Crippen LogP contribution in [0.25, 0.3) is 0 Å². The maximum Gasteiger partial charge on any atom is 0.416 e. The molecule has 2 amide bonds. The van der Waals surface area contributed by atoms with Gasteiger partial charge in [-0.2, -0.15) is 13.2 Å². The Morgan fingerprint density at radius 1 is 1.08 bits per heavy atom. The summed E-state index contributed by atoms with van der Waals surface area (Å²) < 4.78 is 48.5. The van der Waals surface area contributed by atoms with Crippen molar-refractivity contribution in [3.8, 4) is 11.5 Å². The van der Waals surface area contributed by atoms with Crippen LogP contribution in [0.2, 0.25) is 0 Å². The highest BCUT2D eigenvalue weighted by atomic mass is 19.4. The molecule has 0 spiro atoms. The molecule has 26 heavy (non-hydrogen) atoms. The van der Waals surface area contributed by atoms with Crippen LogP contribution in [-0.4, -0.2) is 26.8 Å². The van der Waals surface area contributed by atoms with Crippen LogP contribution in [0.3, 0.4) is 0 Å². The molecule has 0 unspecified atom stereocenters. The summed E-state index contributed by atoms with van der Waals surface area (Å²) >= 11 is 0. The van der Waals surface area contributed by atoms with Crippen molar-refractivity contribution in [2.24, 2.45) is 0 Å². The number of anilines is 1. The van der Waals surface area contributed by atoms with Crippen molar-refractivity contribution in [1.29, 1.82) is 0 Å². The number of carbonyl (C=O) groups excluding carboxylic acids is 1. The SMILES string of the molecule is COc1cccc(CCNC(=O)Nc2cccc(C(F)(F)F)c2)c1OC. The lowest BCUT2D eigenvalue weighted by molar-refractivity contribution is -0.137. The molecule has 8 heteroatoms. The molecule has 0 bridgehead atoms. The van der Waals surface area contributed by atoms with Crippen molar-refractivity contribution < 1.29 is 27.4 Å². The lowest BCUT2D eigenvalue weighted by Gasteiger charge is -2.13. The van der Waals surface area contributed by atoms with Gasteiger partial charge in [-0.05, 0) is 36.2 Å². The molecule has 0 aliphatic carbocycles. The average molecular weight is 368 g/mol. The Labute approximate surface area is 149 Å². The minimum atomic E-state index is -4.46. The first-order valence-electron chi connectivity index (χ1n) is 7.77. The highest BCUT2D eigenvalue weighted by Crippen LogP contribution is 2.31. The zero-order valence-corrected chi connectivity index (χ0v) is 14.3. The van der Waals surface area contributed by atoms with Crippen molar-refractivity contribution in [2.75, 3.05) is 26.1 Å². The molecular formula is C18H19F3N2O3. The average Bonchev–Trinajstić information content (AvgIpc) is 2.60. The Hall–Kier alpha value is -2.90. The molecular weight excluding hydrogens is 349 g/mol. The normalized spacial score (nSPS) is 11.0. The summed E-state index contributed by atoms with van der Waals surface area (Å²) in [5.74, 6) is 1.16. The molecule has 0 aliphatic heterocycles. The molecule has 140 valence electrons. The predicted molar refractivity (Wildman–Crippen MR) is 91.7 cm³/mol. The van der Waals surface area contributed by atoms with E-state index in [0.29, 0.717) is 17.9 Å². The second-order valence-electron chi connectivity index (χ2n) is 5.36. The van der Waals surface area contributed by atoms with E-state index < -0.39 is 17.8 Å². The van der Waals surface area contributed by atoms with Crippen LogP contribution < -0.4 is 20.1 Å². The second kappa shape index (κ2) is 8.46. The van der Waals surface area contributed by atoms with Gasteiger partial charge in [0.05, 0.1) is 19.8 Å². The number of amides is 2. The van der Waals surface area contributed by atoms with E-state index in [1.54, 1.807) is 12.1 Å². The lowest BCUT2D eigenvalue weighted by Crippen LogP contribution is -2.30. The molecule has 0 aliphatic rings. The second-order valence-corrected chi connectivity index (χ2v) is 5.36. The third kappa shape index (κ3) is 5.05. The van der Waals surface area contributed by atoms with Crippen molar-refractivity contribution >= 4 is 11.7 Å². The number of ether oxygens (including phenoxy) is 2. The van der Waals surface area contributed by atoms with Crippen LogP contribution in [0.5, 0.6) is 11.5 Å². The zero-order chi connectivity index (χ0) is 19.2. The van der Waals surface area contributed by atoms with Crippen LogP contribution in [0.4, 0.5) is 23.7 Å². The van der Waals surface area contributed by atoms with Gasteiger partial charge in [0.25, 0.3) is 0 Å². The number of rotatable bonds is 6. The monoisotopic (exact) mass is 368 g/mol. The van der Waals surface area contributed by atoms with E-state index in [1.165, 1.54) is 26.4 Å². The fraction of sp³-hybridized carbons (Fsp3) is 0.278. The van der Waals surface area contributed by atoms with Crippen molar-refractivity contribution in [3.05, 3.63) is 53.6 Å². The molecule has 2 aromatic carbocycles. The van der Waals surface area contributed by atoms with Gasteiger partial charge < -0.3 is 20.1 Å². The van der Waals surface area contributed by atoms with Crippen LogP contribution in [-0.2, 0) is 12.6 Å². The van der Waals surface area contributed by atoms with Crippen molar-refractivity contribution in [3.63, 3.8) is 0 Å². The third-order valence-corrected chi connectivity index (χ3v) is 3.61. The Kier molecular flexibility index (Phi) is 6.32. The number of para-hydroxylation sites is 1. The fourth-order valence-electron chi connectivity index (χ4n) is 2.41. The Balaban J connectivity index is 1.92. The summed E-state index contributed by atoms with van der Waals surface area (Å²) in [6, 6.07) is 9.26. The van der Waals surface area contributed by atoms with E-state index in [0.717, 1.165) is 17.7 Å². The molecule has 0 radical (unpaired) electrons. The maximum atomic E-state index is 12.7. The largest absolute Gasteiger partial charge is 0.493 e. The highest BCUT2D eigenvalue weighted by Gasteiger charge is 2.30. The Bertz CT molecular complexity index is 764. The quantitative estimate of drug-likeness (QED) is 0.808. The number of carbonyl (C=O) groups is 1. The maximum absolute atomic E-state index is 12.7. The summed E-state index contributed by atoms with van der Waals surface area (Å²) in [6.45, 7) is 0.272. The fourth-order valence-corrected chi connectivity index (χ4v) is 2.41. The lowest BCUT2D eigenvalue weighted by atomic mass is 10.1. The smallest absolute Gasteiger partial charge is 0.416 e. The van der Waals surface area contributed by atoms with Crippen molar-refractivity contribution in [1.82, 2.24) is 5.32 Å². The topological polar surface area (TPSA) is 59.6 Å². The van der Waals surface area contributed by atoms with Gasteiger partial charge in [-0.15, -0.1) is 0 Å². The first kappa shape index (κ1) is 19.4. The van der Waals surface area contributed by atoms with E-state index in [1.807, 2.05) is 6.07 Å². The van der Waals surface area contributed by atoms with Gasteiger partial charge in [0, 0.05) is 12.2 Å². The Morgan fingerprint density at radius 2 is 1.81 bits per heavy atom. The van der Waals surface area contributed by atoms with Crippen LogP contribution in [0, 0.1) is 0 Å². The van der Waals surface area contributed by atoms with Gasteiger partial charge in [0.1, 0.15) is 0 Å². The minimum absolute atomic E-state index is 0.0660. The van der Waals surface area contributed by atoms with Gasteiger partial charge in [-0.25, -0.2) is 4.79 Å². The van der Waals surface area contributed by atoms with Crippen LogP contribution in [0.1, 0.15) is 11.1 Å². The summed E-state index contributed by atoms with van der Waals surface area (Å²) in [4.78, 5) is 11.9. The molecule has 0 saturated heterocycles. The molecule has 2 aromatic rings. The van der Waals surface area contributed by atoms with E-state index in [9.17, 15) is 18.0 Å². The number of hydrogen-bond acceptors (Lipinski definition) is 3. The molecule has 2 N–H and O–H groups in total. The van der Waals surface area contributed by atoms with E-state index in [4.69, 9.17) is 9.47 Å². The van der Waals surface area contributed by atoms with Gasteiger partial charge in [0.15, 0.2) is 11.5 Å². The number of nitrogens with one attached hydrogen (secondary N) is 2. The van der Waals surface area contributed by atoms with Crippen LogP contribution in [0.15, 0.2) is 42.5 Å². The number of methoxy groups -OCH3 is 2. The highest BCUT2D eigenvalue weighted by molar-refractivity contribution is 5.89. The van der Waals surface area contributed by atoms with Gasteiger partial charge in [-0.3, -0.25) is 0 Å². The summed E-state index contributed by atoms with van der Waals surface area (Å²) in [5, 5.41) is 4.98. The summed E-state index contributed by atoms with van der Waals surface area (Å²) in [7, 11) is 3.05. The molecule has 5 nitrogen and oxygen atoms in total. The number of halogens is 3. The summed E-state index contributed by atoms with van der Waals surface area (Å²) in [6.07, 6.45) is -3.99. The number of benzene rings is 2. The summed E-state index contributed by atoms with van der Waals surface area (Å²) in [5.41, 5.74) is 0.0823. The van der Waals surface area contributed by atoms with E-state index in [2.05, 4.69) is 10.6 Å². The minimum Gasteiger partial charge on any atom is -0.493 e. The number of urea groups is 1. The van der Waals surface area contributed by atoms with E-state index >= 15 is 0 Å².